The minimum atomic E-state index is -0.970. The minimum absolute atomic E-state index is 0.303. The SMILES string of the molecule is CCC(CO)(CO)NC(=O)c1coc(C)c1. The van der Waals surface area contributed by atoms with E-state index < -0.39 is 5.54 Å². The van der Waals surface area contributed by atoms with Crippen molar-refractivity contribution in [1.82, 2.24) is 5.32 Å². The molecule has 0 saturated heterocycles. The Hall–Kier alpha value is -1.33. The normalized spacial score (nSPS) is 11.5. The van der Waals surface area contributed by atoms with Crippen LogP contribution in [0, 0.1) is 6.92 Å². The van der Waals surface area contributed by atoms with E-state index >= 15 is 0 Å². The number of amides is 1. The van der Waals surface area contributed by atoms with Crippen molar-refractivity contribution in [1.29, 1.82) is 0 Å². The lowest BCUT2D eigenvalue weighted by atomic mass is 9.98. The summed E-state index contributed by atoms with van der Waals surface area (Å²) in [5.41, 5.74) is -0.584. The van der Waals surface area contributed by atoms with Gasteiger partial charge in [-0.2, -0.15) is 0 Å². The number of hydrogen-bond acceptors (Lipinski definition) is 4. The molecule has 0 bridgehead atoms. The van der Waals surface area contributed by atoms with Crippen LogP contribution in [0.5, 0.6) is 0 Å². The molecule has 0 aliphatic carbocycles. The van der Waals surface area contributed by atoms with Gasteiger partial charge in [0.05, 0.1) is 24.3 Å². The lowest BCUT2D eigenvalue weighted by Gasteiger charge is -2.29. The van der Waals surface area contributed by atoms with Gasteiger partial charge in [-0.25, -0.2) is 0 Å². The second kappa shape index (κ2) is 5.14. The molecule has 0 unspecified atom stereocenters. The van der Waals surface area contributed by atoms with E-state index in [1.165, 1.54) is 6.26 Å². The molecule has 1 aromatic rings. The van der Waals surface area contributed by atoms with Crippen LogP contribution in [0.4, 0.5) is 0 Å². The second-order valence-electron chi connectivity index (χ2n) is 3.85. The van der Waals surface area contributed by atoms with E-state index in [2.05, 4.69) is 5.32 Å². The third kappa shape index (κ3) is 2.62. The van der Waals surface area contributed by atoms with E-state index in [-0.39, 0.29) is 19.1 Å². The number of nitrogens with one attached hydrogen (secondary N) is 1. The summed E-state index contributed by atoms with van der Waals surface area (Å²) in [6, 6.07) is 1.60. The van der Waals surface area contributed by atoms with Crippen molar-refractivity contribution >= 4 is 5.91 Å². The Balaban J connectivity index is 2.76. The zero-order valence-electron chi connectivity index (χ0n) is 9.49. The van der Waals surface area contributed by atoms with Crippen LogP contribution < -0.4 is 5.32 Å². The molecular weight excluding hydrogens is 210 g/mol. The first kappa shape index (κ1) is 12.7. The fraction of sp³-hybridized carbons (Fsp3) is 0.545. The predicted molar refractivity (Wildman–Crippen MR) is 58.1 cm³/mol. The summed E-state index contributed by atoms with van der Waals surface area (Å²) >= 11 is 0. The molecule has 1 heterocycles. The molecule has 1 amide bonds. The summed E-state index contributed by atoms with van der Waals surface area (Å²) in [5, 5.41) is 21.0. The highest BCUT2D eigenvalue weighted by Crippen LogP contribution is 2.12. The highest BCUT2D eigenvalue weighted by molar-refractivity contribution is 5.94. The minimum Gasteiger partial charge on any atom is -0.469 e. The van der Waals surface area contributed by atoms with Crippen LogP contribution in [0.1, 0.15) is 29.5 Å². The van der Waals surface area contributed by atoms with Gasteiger partial charge in [0.25, 0.3) is 5.91 Å². The molecule has 1 aromatic heterocycles. The summed E-state index contributed by atoms with van der Waals surface area (Å²) in [7, 11) is 0. The Kier molecular flexibility index (Phi) is 4.09. The first-order valence-electron chi connectivity index (χ1n) is 5.16. The molecule has 0 aliphatic rings. The molecule has 0 fully saturated rings. The number of carbonyl (C=O) groups excluding carboxylic acids is 1. The third-order valence-electron chi connectivity index (χ3n) is 2.65. The van der Waals surface area contributed by atoms with Crippen LogP contribution in [0.2, 0.25) is 0 Å². The lowest BCUT2D eigenvalue weighted by molar-refractivity contribution is 0.0652. The van der Waals surface area contributed by atoms with Crippen molar-refractivity contribution in [2.24, 2.45) is 0 Å². The van der Waals surface area contributed by atoms with E-state index in [1.54, 1.807) is 19.9 Å². The zero-order valence-corrected chi connectivity index (χ0v) is 9.49. The number of aliphatic hydroxyl groups excluding tert-OH is 2. The maximum atomic E-state index is 11.8. The van der Waals surface area contributed by atoms with E-state index in [1.807, 2.05) is 0 Å². The summed E-state index contributed by atoms with van der Waals surface area (Å²) < 4.78 is 5.02. The van der Waals surface area contributed by atoms with Crippen LogP contribution in [0.3, 0.4) is 0 Å². The molecule has 0 atom stereocenters. The fourth-order valence-electron chi connectivity index (χ4n) is 1.32. The van der Waals surface area contributed by atoms with Gasteiger partial charge in [-0.1, -0.05) is 6.92 Å². The molecule has 1 rings (SSSR count). The standard InChI is InChI=1S/C11H17NO4/c1-3-11(6-13,7-14)12-10(15)9-4-8(2)16-5-9/h4-5,13-14H,3,6-7H2,1-2H3,(H,12,15). The Morgan fingerprint density at radius 2 is 2.12 bits per heavy atom. The quantitative estimate of drug-likeness (QED) is 0.682. The molecule has 5 heteroatoms. The van der Waals surface area contributed by atoms with Gasteiger partial charge >= 0.3 is 0 Å². The summed E-state index contributed by atoms with van der Waals surface area (Å²) in [4.78, 5) is 11.8. The first-order valence-corrected chi connectivity index (χ1v) is 5.16. The third-order valence-corrected chi connectivity index (χ3v) is 2.65. The fourth-order valence-corrected chi connectivity index (χ4v) is 1.32. The molecular formula is C11H17NO4. The molecule has 0 radical (unpaired) electrons. The van der Waals surface area contributed by atoms with Gasteiger partial charge in [0.2, 0.25) is 0 Å². The highest BCUT2D eigenvalue weighted by atomic mass is 16.3. The topological polar surface area (TPSA) is 82.7 Å². The lowest BCUT2D eigenvalue weighted by Crippen LogP contribution is -2.53. The molecule has 0 saturated carbocycles. The zero-order chi connectivity index (χ0) is 12.2. The smallest absolute Gasteiger partial charge is 0.255 e. The van der Waals surface area contributed by atoms with Gasteiger partial charge in [-0.3, -0.25) is 4.79 Å². The Morgan fingerprint density at radius 3 is 2.50 bits per heavy atom. The largest absolute Gasteiger partial charge is 0.469 e. The molecule has 0 aromatic carbocycles. The van der Waals surface area contributed by atoms with Crippen LogP contribution in [-0.2, 0) is 0 Å². The van der Waals surface area contributed by atoms with Crippen molar-refractivity contribution in [2.75, 3.05) is 13.2 Å². The van der Waals surface area contributed by atoms with Gasteiger partial charge in [-0.05, 0) is 19.4 Å². The van der Waals surface area contributed by atoms with Gasteiger partial charge in [-0.15, -0.1) is 0 Å². The molecule has 90 valence electrons. The maximum absolute atomic E-state index is 11.8. The molecule has 0 spiro atoms. The van der Waals surface area contributed by atoms with E-state index in [4.69, 9.17) is 4.42 Å². The van der Waals surface area contributed by atoms with Gasteiger partial charge < -0.3 is 19.9 Å². The summed E-state index contributed by atoms with van der Waals surface area (Å²) in [6.07, 6.45) is 1.79. The van der Waals surface area contributed by atoms with Crippen LogP contribution in [-0.4, -0.2) is 34.9 Å². The van der Waals surface area contributed by atoms with Crippen molar-refractivity contribution in [3.05, 3.63) is 23.7 Å². The Bertz CT molecular complexity index is 346. The Labute approximate surface area is 94.1 Å². The summed E-state index contributed by atoms with van der Waals surface area (Å²) in [6.45, 7) is 2.92. The van der Waals surface area contributed by atoms with Crippen molar-refractivity contribution in [3.63, 3.8) is 0 Å². The number of rotatable bonds is 5. The predicted octanol–water partition coefficient (Wildman–Crippen LogP) is 0.451. The van der Waals surface area contributed by atoms with Crippen molar-refractivity contribution < 1.29 is 19.4 Å². The first-order chi connectivity index (χ1) is 7.56. The Morgan fingerprint density at radius 1 is 1.50 bits per heavy atom. The van der Waals surface area contributed by atoms with Gasteiger partial charge in [0.15, 0.2) is 0 Å². The van der Waals surface area contributed by atoms with Gasteiger partial charge in [0, 0.05) is 0 Å². The average molecular weight is 227 g/mol. The average Bonchev–Trinajstić information content (AvgIpc) is 2.73. The van der Waals surface area contributed by atoms with Crippen molar-refractivity contribution in [3.8, 4) is 0 Å². The van der Waals surface area contributed by atoms with Gasteiger partial charge in [0.1, 0.15) is 12.0 Å². The monoisotopic (exact) mass is 227 g/mol. The molecule has 5 nitrogen and oxygen atoms in total. The van der Waals surface area contributed by atoms with E-state index in [0.717, 1.165) is 0 Å². The number of aryl methyl sites for hydroxylation is 1. The van der Waals surface area contributed by atoms with Crippen LogP contribution >= 0.6 is 0 Å². The van der Waals surface area contributed by atoms with Crippen LogP contribution in [0.25, 0.3) is 0 Å². The summed E-state index contributed by atoms with van der Waals surface area (Å²) in [5.74, 6) is 0.280. The van der Waals surface area contributed by atoms with Crippen LogP contribution in [0.15, 0.2) is 16.7 Å². The number of aliphatic hydroxyl groups is 2. The number of carbonyl (C=O) groups is 1. The maximum Gasteiger partial charge on any atom is 0.255 e. The molecule has 0 aliphatic heterocycles. The number of hydrogen-bond donors (Lipinski definition) is 3. The van der Waals surface area contributed by atoms with Crippen molar-refractivity contribution in [2.45, 2.75) is 25.8 Å². The van der Waals surface area contributed by atoms with E-state index in [0.29, 0.717) is 17.7 Å². The second-order valence-corrected chi connectivity index (χ2v) is 3.85. The number of furan rings is 1. The van der Waals surface area contributed by atoms with E-state index in [9.17, 15) is 15.0 Å². The highest BCUT2D eigenvalue weighted by Gasteiger charge is 2.29. The molecule has 16 heavy (non-hydrogen) atoms. The molecule has 3 N–H and O–H groups in total.